The predicted molar refractivity (Wildman–Crippen MR) is 84.2 cm³/mol. The molecule has 1 aromatic heterocycles. The van der Waals surface area contributed by atoms with Crippen molar-refractivity contribution in [2.75, 3.05) is 5.32 Å². The SMILES string of the molecule is O=C(Cn1cccc1C(=O)O)Nc1ccc(Br)c(Cl)c1Cl. The third kappa shape index (κ3) is 3.58. The van der Waals surface area contributed by atoms with Crippen LogP contribution in [0.25, 0.3) is 0 Å². The van der Waals surface area contributed by atoms with Gasteiger partial charge in [0.1, 0.15) is 12.2 Å². The molecule has 0 saturated heterocycles. The van der Waals surface area contributed by atoms with E-state index in [0.29, 0.717) is 15.2 Å². The number of hydrogen-bond acceptors (Lipinski definition) is 2. The fourth-order valence-electron chi connectivity index (χ4n) is 1.71. The van der Waals surface area contributed by atoms with Gasteiger partial charge in [-0.2, -0.15) is 0 Å². The molecule has 2 N–H and O–H groups in total. The maximum atomic E-state index is 12.0. The van der Waals surface area contributed by atoms with Crippen molar-refractivity contribution in [1.82, 2.24) is 4.57 Å². The molecule has 0 spiro atoms. The molecular formula is C13H9BrCl2N2O3. The van der Waals surface area contributed by atoms with Gasteiger partial charge >= 0.3 is 5.97 Å². The topological polar surface area (TPSA) is 71.3 Å². The van der Waals surface area contributed by atoms with E-state index < -0.39 is 11.9 Å². The summed E-state index contributed by atoms with van der Waals surface area (Å²) in [5, 5.41) is 12.1. The van der Waals surface area contributed by atoms with Gasteiger partial charge in [0.25, 0.3) is 0 Å². The van der Waals surface area contributed by atoms with Crippen LogP contribution in [-0.4, -0.2) is 21.6 Å². The molecule has 1 amide bonds. The molecular weight excluding hydrogens is 383 g/mol. The average molecular weight is 392 g/mol. The lowest BCUT2D eigenvalue weighted by atomic mass is 10.3. The first-order valence-electron chi connectivity index (χ1n) is 5.72. The molecule has 0 aliphatic heterocycles. The van der Waals surface area contributed by atoms with E-state index in [9.17, 15) is 9.59 Å². The summed E-state index contributed by atoms with van der Waals surface area (Å²) in [6.45, 7) is -0.140. The first kappa shape index (κ1) is 15.9. The van der Waals surface area contributed by atoms with Crippen LogP contribution in [-0.2, 0) is 11.3 Å². The van der Waals surface area contributed by atoms with Crippen LogP contribution in [0, 0.1) is 0 Å². The number of carbonyl (C=O) groups excluding carboxylic acids is 1. The number of halogens is 3. The van der Waals surface area contributed by atoms with E-state index in [2.05, 4.69) is 21.2 Å². The average Bonchev–Trinajstić information content (AvgIpc) is 2.88. The Bertz CT molecular complexity index is 715. The second kappa shape index (κ2) is 6.51. The summed E-state index contributed by atoms with van der Waals surface area (Å²) in [7, 11) is 0. The molecule has 5 nitrogen and oxygen atoms in total. The van der Waals surface area contributed by atoms with E-state index >= 15 is 0 Å². The largest absolute Gasteiger partial charge is 0.477 e. The summed E-state index contributed by atoms with van der Waals surface area (Å²) < 4.78 is 1.94. The van der Waals surface area contributed by atoms with Gasteiger partial charge in [-0.05, 0) is 40.2 Å². The lowest BCUT2D eigenvalue weighted by molar-refractivity contribution is -0.116. The molecule has 0 bridgehead atoms. The van der Waals surface area contributed by atoms with Crippen molar-refractivity contribution in [1.29, 1.82) is 0 Å². The Kier molecular flexibility index (Phi) is 4.92. The number of amides is 1. The Hall–Kier alpha value is -1.50. The van der Waals surface area contributed by atoms with Crippen LogP contribution in [0.4, 0.5) is 5.69 Å². The number of carboxylic acids is 1. The van der Waals surface area contributed by atoms with E-state index in [0.717, 1.165) is 0 Å². The third-order valence-electron chi connectivity index (χ3n) is 2.67. The van der Waals surface area contributed by atoms with Gasteiger partial charge in [-0.3, -0.25) is 4.79 Å². The molecule has 2 aromatic rings. The maximum Gasteiger partial charge on any atom is 0.352 e. The molecule has 0 unspecified atom stereocenters. The summed E-state index contributed by atoms with van der Waals surface area (Å²) in [5.41, 5.74) is 0.393. The van der Waals surface area contributed by atoms with Crippen molar-refractivity contribution < 1.29 is 14.7 Å². The number of hydrogen-bond donors (Lipinski definition) is 2. The van der Waals surface area contributed by atoms with Gasteiger partial charge in [-0.25, -0.2) is 4.79 Å². The monoisotopic (exact) mass is 390 g/mol. The molecule has 110 valence electrons. The van der Waals surface area contributed by atoms with Gasteiger partial charge in [-0.15, -0.1) is 0 Å². The molecule has 8 heteroatoms. The standard InChI is InChI=1S/C13H9BrCl2N2O3/c14-7-3-4-8(12(16)11(7)15)17-10(19)6-18-5-1-2-9(18)13(20)21/h1-5H,6H2,(H,17,19)(H,20,21). The van der Waals surface area contributed by atoms with Gasteiger partial charge in [0, 0.05) is 10.7 Å². The van der Waals surface area contributed by atoms with Crippen LogP contribution < -0.4 is 5.32 Å². The van der Waals surface area contributed by atoms with Crippen molar-refractivity contribution in [2.24, 2.45) is 0 Å². The molecule has 0 saturated carbocycles. The number of carboxylic acid groups (broad SMARTS) is 1. The summed E-state index contributed by atoms with van der Waals surface area (Å²) in [4.78, 5) is 22.9. The Morgan fingerprint density at radius 3 is 2.62 bits per heavy atom. The van der Waals surface area contributed by atoms with Gasteiger partial charge in [0.05, 0.1) is 15.7 Å². The van der Waals surface area contributed by atoms with Crippen molar-refractivity contribution in [3.8, 4) is 0 Å². The highest BCUT2D eigenvalue weighted by molar-refractivity contribution is 9.10. The van der Waals surface area contributed by atoms with Crippen molar-refractivity contribution in [3.05, 3.63) is 50.7 Å². The fourth-order valence-corrected chi connectivity index (χ4v) is 2.53. The summed E-state index contributed by atoms with van der Waals surface area (Å²) in [6.07, 6.45) is 1.51. The minimum atomic E-state index is -1.10. The second-order valence-electron chi connectivity index (χ2n) is 4.10. The highest BCUT2D eigenvalue weighted by Gasteiger charge is 2.14. The highest BCUT2D eigenvalue weighted by atomic mass is 79.9. The minimum Gasteiger partial charge on any atom is -0.477 e. The zero-order valence-electron chi connectivity index (χ0n) is 10.4. The Balaban J connectivity index is 2.14. The predicted octanol–water partition coefficient (Wildman–Crippen LogP) is 3.89. The molecule has 1 aromatic carbocycles. The van der Waals surface area contributed by atoms with E-state index in [-0.39, 0.29) is 17.3 Å². The second-order valence-corrected chi connectivity index (χ2v) is 5.71. The van der Waals surface area contributed by atoms with Crippen molar-refractivity contribution >= 4 is 56.7 Å². The van der Waals surface area contributed by atoms with Crippen LogP contribution >= 0.6 is 39.1 Å². The smallest absolute Gasteiger partial charge is 0.352 e. The lowest BCUT2D eigenvalue weighted by Crippen LogP contribution is -2.21. The molecule has 0 aliphatic rings. The van der Waals surface area contributed by atoms with E-state index in [1.807, 2.05) is 0 Å². The van der Waals surface area contributed by atoms with Crippen LogP contribution in [0.5, 0.6) is 0 Å². The molecule has 2 rings (SSSR count). The van der Waals surface area contributed by atoms with Gasteiger partial charge < -0.3 is 15.0 Å². The van der Waals surface area contributed by atoms with Crippen LogP contribution in [0.1, 0.15) is 10.5 Å². The number of aromatic carboxylic acids is 1. The number of anilines is 1. The minimum absolute atomic E-state index is 0.0325. The number of benzene rings is 1. The third-order valence-corrected chi connectivity index (χ3v) is 4.44. The normalized spacial score (nSPS) is 10.4. The lowest BCUT2D eigenvalue weighted by Gasteiger charge is -2.10. The first-order valence-corrected chi connectivity index (χ1v) is 7.27. The van der Waals surface area contributed by atoms with Crippen molar-refractivity contribution in [2.45, 2.75) is 6.54 Å². The highest BCUT2D eigenvalue weighted by Crippen LogP contribution is 2.35. The van der Waals surface area contributed by atoms with Crippen molar-refractivity contribution in [3.63, 3.8) is 0 Å². The van der Waals surface area contributed by atoms with Gasteiger partial charge in [0.2, 0.25) is 5.91 Å². The number of rotatable bonds is 4. The fraction of sp³-hybridized carbons (Fsp3) is 0.0769. The molecule has 0 fully saturated rings. The molecule has 0 radical (unpaired) electrons. The Labute approximate surface area is 138 Å². The molecule has 0 atom stereocenters. The van der Waals surface area contributed by atoms with Crippen LogP contribution in [0.3, 0.4) is 0 Å². The van der Waals surface area contributed by atoms with E-state index in [1.165, 1.54) is 16.8 Å². The van der Waals surface area contributed by atoms with Crippen LogP contribution in [0.2, 0.25) is 10.0 Å². The first-order chi connectivity index (χ1) is 9.90. The number of nitrogens with one attached hydrogen (secondary N) is 1. The van der Waals surface area contributed by atoms with Gasteiger partial charge in [0.15, 0.2) is 0 Å². The van der Waals surface area contributed by atoms with Gasteiger partial charge in [-0.1, -0.05) is 23.2 Å². The molecule has 0 aliphatic carbocycles. The molecule has 1 heterocycles. The number of nitrogens with zero attached hydrogens (tertiary/aromatic N) is 1. The number of aromatic nitrogens is 1. The zero-order chi connectivity index (χ0) is 15.6. The summed E-state index contributed by atoms with van der Waals surface area (Å²) in [5.74, 6) is -1.51. The van der Waals surface area contributed by atoms with E-state index in [4.69, 9.17) is 28.3 Å². The maximum absolute atomic E-state index is 12.0. The molecule has 21 heavy (non-hydrogen) atoms. The quantitative estimate of drug-likeness (QED) is 0.776. The van der Waals surface area contributed by atoms with Crippen LogP contribution in [0.15, 0.2) is 34.9 Å². The Morgan fingerprint density at radius 1 is 1.24 bits per heavy atom. The summed E-state index contributed by atoms with van der Waals surface area (Å²) >= 11 is 15.2. The summed E-state index contributed by atoms with van der Waals surface area (Å²) in [6, 6.07) is 6.23. The number of carbonyl (C=O) groups is 2. The van der Waals surface area contributed by atoms with E-state index in [1.54, 1.807) is 18.2 Å². The zero-order valence-corrected chi connectivity index (χ0v) is 13.5. The Morgan fingerprint density at radius 2 is 1.95 bits per heavy atom.